The van der Waals surface area contributed by atoms with Crippen molar-refractivity contribution < 1.29 is 9.53 Å². The van der Waals surface area contributed by atoms with Crippen LogP contribution in [0, 0.1) is 0 Å². The van der Waals surface area contributed by atoms with Gasteiger partial charge in [-0.2, -0.15) is 0 Å². The number of hydrogen-bond acceptors (Lipinski definition) is 4. The fraction of sp³-hybridized carbons (Fsp3) is 0.261. The van der Waals surface area contributed by atoms with Crippen LogP contribution in [0.2, 0.25) is 0 Å². The number of para-hydroxylation sites is 2. The summed E-state index contributed by atoms with van der Waals surface area (Å²) in [7, 11) is 1.60. The molecule has 0 aliphatic heterocycles. The van der Waals surface area contributed by atoms with Gasteiger partial charge >= 0.3 is 0 Å². The van der Waals surface area contributed by atoms with Crippen molar-refractivity contribution >= 4 is 27.7 Å². The van der Waals surface area contributed by atoms with Gasteiger partial charge in [-0.25, -0.2) is 4.98 Å². The van der Waals surface area contributed by atoms with Gasteiger partial charge in [-0.1, -0.05) is 30.3 Å². The molecule has 0 aliphatic rings. The molecule has 154 valence electrons. The van der Waals surface area contributed by atoms with Gasteiger partial charge in [0.15, 0.2) is 0 Å². The quantitative estimate of drug-likeness (QED) is 0.472. The van der Waals surface area contributed by atoms with Gasteiger partial charge in [0.1, 0.15) is 5.82 Å². The monoisotopic (exact) mass is 404 g/mol. The Kier molecular flexibility index (Phi) is 5.90. The number of amides is 1. The minimum Gasteiger partial charge on any atom is -0.383 e. The molecule has 2 N–H and O–H groups in total. The first-order valence-electron chi connectivity index (χ1n) is 9.95. The highest BCUT2D eigenvalue weighted by molar-refractivity contribution is 5.84. The van der Waals surface area contributed by atoms with Gasteiger partial charge in [-0.05, 0) is 30.2 Å². The summed E-state index contributed by atoms with van der Waals surface area (Å²) in [5.74, 6) is 0.461. The molecule has 0 bridgehead atoms. The molecule has 7 nitrogen and oxygen atoms in total. The molecule has 1 amide bonds. The number of nitrogens with zero attached hydrogens (tertiary/aromatic N) is 2. The number of nitrogens with one attached hydrogen (secondary N) is 2. The molecule has 2 heterocycles. The van der Waals surface area contributed by atoms with E-state index in [1.165, 1.54) is 0 Å². The van der Waals surface area contributed by atoms with Crippen molar-refractivity contribution in [2.24, 2.45) is 0 Å². The molecule has 7 heteroatoms. The standard InChI is InChI=1S/C23H24N4O3/c1-30-13-12-27(15-21-25-20-9-5-3-7-18(20)23(29)26-21)22(28)11-10-16-14-24-19-8-4-2-6-17(16)19/h2-9,14,24H,10-13,15H2,1H3,(H,25,26,29). The Labute approximate surface area is 173 Å². The Bertz CT molecular complexity index is 1230. The van der Waals surface area contributed by atoms with E-state index in [2.05, 4.69) is 21.0 Å². The number of aromatic nitrogens is 3. The molecule has 0 fully saturated rings. The van der Waals surface area contributed by atoms with Crippen molar-refractivity contribution in [2.75, 3.05) is 20.3 Å². The van der Waals surface area contributed by atoms with E-state index in [1.807, 2.05) is 30.5 Å². The fourth-order valence-corrected chi connectivity index (χ4v) is 3.62. The summed E-state index contributed by atoms with van der Waals surface area (Å²) in [5, 5.41) is 1.67. The Hall–Kier alpha value is -3.45. The van der Waals surface area contributed by atoms with Gasteiger partial charge in [0, 0.05) is 37.2 Å². The molecule has 0 unspecified atom stereocenters. The highest BCUT2D eigenvalue weighted by Gasteiger charge is 2.17. The lowest BCUT2D eigenvalue weighted by Gasteiger charge is -2.22. The Balaban J connectivity index is 1.50. The summed E-state index contributed by atoms with van der Waals surface area (Å²) in [6.45, 7) is 1.08. The fourth-order valence-electron chi connectivity index (χ4n) is 3.62. The Morgan fingerprint density at radius 2 is 1.87 bits per heavy atom. The van der Waals surface area contributed by atoms with Crippen molar-refractivity contribution in [2.45, 2.75) is 19.4 Å². The van der Waals surface area contributed by atoms with Crippen LogP contribution >= 0.6 is 0 Å². The lowest BCUT2D eigenvalue weighted by atomic mass is 10.1. The SMILES string of the molecule is COCCN(Cc1nc2ccccc2c(=O)[nH]1)C(=O)CCc1c[nH]c2ccccc12. The molecule has 2 aromatic heterocycles. The van der Waals surface area contributed by atoms with E-state index in [-0.39, 0.29) is 18.0 Å². The van der Waals surface area contributed by atoms with Crippen LogP contribution in [0.4, 0.5) is 0 Å². The molecule has 4 aromatic rings. The van der Waals surface area contributed by atoms with Crippen molar-refractivity contribution in [3.05, 3.63) is 76.5 Å². The van der Waals surface area contributed by atoms with E-state index in [9.17, 15) is 9.59 Å². The molecule has 0 saturated heterocycles. The summed E-state index contributed by atoms with van der Waals surface area (Å²) in [6.07, 6.45) is 2.96. The third-order valence-electron chi connectivity index (χ3n) is 5.20. The number of carbonyl (C=O) groups is 1. The van der Waals surface area contributed by atoms with Crippen LogP contribution in [0.1, 0.15) is 17.8 Å². The second-order valence-corrected chi connectivity index (χ2v) is 7.20. The van der Waals surface area contributed by atoms with E-state index in [0.29, 0.717) is 42.7 Å². The third-order valence-corrected chi connectivity index (χ3v) is 5.20. The average Bonchev–Trinajstić information content (AvgIpc) is 3.18. The second kappa shape index (κ2) is 8.92. The zero-order valence-corrected chi connectivity index (χ0v) is 16.9. The lowest BCUT2D eigenvalue weighted by molar-refractivity contribution is -0.132. The first-order valence-corrected chi connectivity index (χ1v) is 9.95. The van der Waals surface area contributed by atoms with E-state index >= 15 is 0 Å². The number of H-pyrrole nitrogens is 2. The van der Waals surface area contributed by atoms with E-state index < -0.39 is 0 Å². The number of ether oxygens (including phenoxy) is 1. The molecular formula is C23H24N4O3. The zero-order valence-electron chi connectivity index (χ0n) is 16.9. The minimum atomic E-state index is -0.200. The highest BCUT2D eigenvalue weighted by Crippen LogP contribution is 2.19. The smallest absolute Gasteiger partial charge is 0.258 e. The largest absolute Gasteiger partial charge is 0.383 e. The van der Waals surface area contributed by atoms with E-state index in [1.54, 1.807) is 30.2 Å². The van der Waals surface area contributed by atoms with Crippen LogP contribution in [-0.2, 0) is 22.5 Å². The minimum absolute atomic E-state index is 0.00635. The second-order valence-electron chi connectivity index (χ2n) is 7.20. The number of rotatable bonds is 8. The van der Waals surface area contributed by atoms with Gasteiger partial charge in [0.2, 0.25) is 5.91 Å². The normalized spacial score (nSPS) is 11.2. The molecular weight excluding hydrogens is 380 g/mol. The third kappa shape index (κ3) is 4.26. The molecule has 0 saturated carbocycles. The number of aryl methyl sites for hydroxylation is 1. The molecule has 0 aliphatic carbocycles. The van der Waals surface area contributed by atoms with Crippen molar-refractivity contribution in [1.82, 2.24) is 19.9 Å². The molecule has 0 atom stereocenters. The number of carbonyl (C=O) groups excluding carboxylic acids is 1. The topological polar surface area (TPSA) is 91.1 Å². The number of fused-ring (bicyclic) bond motifs is 2. The average molecular weight is 404 g/mol. The molecule has 4 rings (SSSR count). The summed E-state index contributed by atoms with van der Waals surface area (Å²) >= 11 is 0. The molecule has 0 radical (unpaired) electrons. The lowest BCUT2D eigenvalue weighted by Crippen LogP contribution is -2.34. The van der Waals surface area contributed by atoms with Gasteiger partial charge in [0.05, 0.1) is 24.1 Å². The summed E-state index contributed by atoms with van der Waals surface area (Å²) in [4.78, 5) is 37.6. The van der Waals surface area contributed by atoms with E-state index in [4.69, 9.17) is 4.74 Å². The van der Waals surface area contributed by atoms with Crippen molar-refractivity contribution in [3.8, 4) is 0 Å². The maximum absolute atomic E-state index is 13.0. The zero-order chi connectivity index (χ0) is 20.9. The van der Waals surface area contributed by atoms with Crippen molar-refractivity contribution in [1.29, 1.82) is 0 Å². The van der Waals surface area contributed by atoms with Gasteiger partial charge in [0.25, 0.3) is 5.56 Å². The summed E-state index contributed by atoms with van der Waals surface area (Å²) in [5.41, 5.74) is 2.60. The van der Waals surface area contributed by atoms with Gasteiger partial charge in [-0.3, -0.25) is 9.59 Å². The predicted octanol–water partition coefficient (Wildman–Crippen LogP) is 3.01. The highest BCUT2D eigenvalue weighted by atomic mass is 16.5. The number of hydrogen-bond donors (Lipinski definition) is 2. The van der Waals surface area contributed by atoms with E-state index in [0.717, 1.165) is 16.5 Å². The number of methoxy groups -OCH3 is 1. The van der Waals surface area contributed by atoms with Gasteiger partial charge in [-0.15, -0.1) is 0 Å². The predicted molar refractivity (Wildman–Crippen MR) is 116 cm³/mol. The van der Waals surface area contributed by atoms with Crippen LogP contribution in [0.15, 0.2) is 59.5 Å². The first-order chi connectivity index (χ1) is 14.7. The maximum atomic E-state index is 13.0. The molecule has 0 spiro atoms. The van der Waals surface area contributed by atoms with Crippen LogP contribution in [0.5, 0.6) is 0 Å². The van der Waals surface area contributed by atoms with Gasteiger partial charge < -0.3 is 19.6 Å². The van der Waals surface area contributed by atoms with Crippen LogP contribution < -0.4 is 5.56 Å². The first kappa shape index (κ1) is 19.8. The van der Waals surface area contributed by atoms with Crippen LogP contribution in [0.3, 0.4) is 0 Å². The summed E-state index contributed by atoms with van der Waals surface area (Å²) in [6, 6.07) is 15.2. The number of benzene rings is 2. The maximum Gasteiger partial charge on any atom is 0.258 e. The molecule has 2 aromatic carbocycles. The summed E-state index contributed by atoms with van der Waals surface area (Å²) < 4.78 is 5.17. The Morgan fingerprint density at radius 3 is 2.70 bits per heavy atom. The van der Waals surface area contributed by atoms with Crippen LogP contribution in [0.25, 0.3) is 21.8 Å². The number of aromatic amines is 2. The Morgan fingerprint density at radius 1 is 1.10 bits per heavy atom. The van der Waals surface area contributed by atoms with Crippen molar-refractivity contribution in [3.63, 3.8) is 0 Å². The van der Waals surface area contributed by atoms with Crippen LogP contribution in [-0.4, -0.2) is 46.0 Å². The molecule has 30 heavy (non-hydrogen) atoms.